The summed E-state index contributed by atoms with van der Waals surface area (Å²) in [7, 11) is 1.58. The van der Waals surface area contributed by atoms with Gasteiger partial charge in [0.25, 0.3) is 0 Å². The fourth-order valence-corrected chi connectivity index (χ4v) is 3.64. The van der Waals surface area contributed by atoms with E-state index in [1.807, 2.05) is 43.3 Å². The van der Waals surface area contributed by atoms with Crippen LogP contribution in [0.1, 0.15) is 43.7 Å². The van der Waals surface area contributed by atoms with Crippen LogP contribution in [0.5, 0.6) is 5.75 Å². The summed E-state index contributed by atoms with van der Waals surface area (Å²) in [5, 5.41) is 2.94. The van der Waals surface area contributed by atoms with E-state index in [-0.39, 0.29) is 24.2 Å². The minimum Gasteiger partial charge on any atom is -0.495 e. The van der Waals surface area contributed by atoms with Crippen LogP contribution in [-0.4, -0.2) is 25.5 Å². The maximum Gasteiger partial charge on any atom is 0.229 e. The molecule has 1 aliphatic heterocycles. The number of aryl methyl sites for hydroxylation is 1. The molecule has 3 rings (SSSR count). The average Bonchev–Trinajstić information content (AvgIpc) is 3.09. The lowest BCUT2D eigenvalue weighted by Gasteiger charge is -2.23. The van der Waals surface area contributed by atoms with Crippen LogP contribution in [0.25, 0.3) is 0 Å². The van der Waals surface area contributed by atoms with Crippen molar-refractivity contribution >= 4 is 23.2 Å². The predicted octanol–water partition coefficient (Wildman–Crippen LogP) is 4.51. The molecule has 1 fully saturated rings. The number of anilines is 2. The first-order chi connectivity index (χ1) is 13.4. The number of nitrogens with zero attached hydrogens (tertiary/aromatic N) is 1. The molecule has 5 heteroatoms. The number of hydrogen-bond acceptors (Lipinski definition) is 3. The van der Waals surface area contributed by atoms with Crippen molar-refractivity contribution in [2.75, 3.05) is 23.9 Å². The fourth-order valence-electron chi connectivity index (χ4n) is 3.64. The largest absolute Gasteiger partial charge is 0.495 e. The highest BCUT2D eigenvalue weighted by molar-refractivity contribution is 6.04. The van der Waals surface area contributed by atoms with Crippen LogP contribution < -0.4 is 15.0 Å². The molecule has 1 aliphatic rings. The number of para-hydroxylation sites is 1. The zero-order valence-electron chi connectivity index (χ0n) is 17.0. The number of amides is 2. The molecular weight excluding hydrogens is 352 g/mol. The lowest BCUT2D eigenvalue weighted by atomic mass is 9.96. The van der Waals surface area contributed by atoms with E-state index in [0.717, 1.165) is 23.2 Å². The summed E-state index contributed by atoms with van der Waals surface area (Å²) >= 11 is 0. The standard InChI is InChI=1S/C23H28N2O3/c1-5-16(3)18-8-6-7-9-20(18)25-14-17(13-22(25)26)23(27)24-19-12-15(2)10-11-21(19)28-4/h6-12,16-17H,5,13-14H2,1-4H3,(H,24,27)/t16-,17+/m1/s1. The normalized spacial score (nSPS) is 17.5. The summed E-state index contributed by atoms with van der Waals surface area (Å²) in [6, 6.07) is 13.6. The van der Waals surface area contributed by atoms with E-state index in [2.05, 4.69) is 25.2 Å². The van der Waals surface area contributed by atoms with Gasteiger partial charge in [-0.1, -0.05) is 38.1 Å². The molecule has 0 aromatic heterocycles. The van der Waals surface area contributed by atoms with Crippen LogP contribution in [0.15, 0.2) is 42.5 Å². The first-order valence-electron chi connectivity index (χ1n) is 9.79. The molecule has 2 aromatic carbocycles. The van der Waals surface area contributed by atoms with Crippen LogP contribution in [0.2, 0.25) is 0 Å². The fraction of sp³-hybridized carbons (Fsp3) is 0.391. The molecule has 0 unspecified atom stereocenters. The van der Waals surface area contributed by atoms with Gasteiger partial charge in [-0.05, 0) is 48.6 Å². The highest BCUT2D eigenvalue weighted by Crippen LogP contribution is 2.34. The second-order valence-corrected chi connectivity index (χ2v) is 7.47. The molecule has 28 heavy (non-hydrogen) atoms. The smallest absolute Gasteiger partial charge is 0.229 e. The SMILES string of the molecule is CC[C@@H](C)c1ccccc1N1C[C@@H](C(=O)Nc2cc(C)ccc2OC)CC1=O. The number of rotatable bonds is 6. The van der Waals surface area contributed by atoms with Gasteiger partial charge >= 0.3 is 0 Å². The number of methoxy groups -OCH3 is 1. The van der Waals surface area contributed by atoms with Crippen LogP contribution in [-0.2, 0) is 9.59 Å². The first-order valence-corrected chi connectivity index (χ1v) is 9.79. The Kier molecular flexibility index (Phi) is 6.02. The second kappa shape index (κ2) is 8.46. The van der Waals surface area contributed by atoms with Gasteiger partial charge in [0.1, 0.15) is 5.75 Å². The molecule has 0 spiro atoms. The van der Waals surface area contributed by atoms with E-state index in [0.29, 0.717) is 23.9 Å². The number of carbonyl (C=O) groups excluding carboxylic acids is 2. The minimum atomic E-state index is -0.386. The van der Waals surface area contributed by atoms with Crippen LogP contribution in [0.4, 0.5) is 11.4 Å². The molecule has 148 valence electrons. The number of benzene rings is 2. The van der Waals surface area contributed by atoms with Crippen LogP contribution >= 0.6 is 0 Å². The summed E-state index contributed by atoms with van der Waals surface area (Å²) in [6.07, 6.45) is 1.21. The molecule has 2 aromatic rings. The van der Waals surface area contributed by atoms with Crippen molar-refractivity contribution in [1.29, 1.82) is 0 Å². The van der Waals surface area contributed by atoms with Crippen molar-refractivity contribution in [3.05, 3.63) is 53.6 Å². The minimum absolute atomic E-state index is 0.00731. The van der Waals surface area contributed by atoms with E-state index in [9.17, 15) is 9.59 Å². The molecular formula is C23H28N2O3. The number of ether oxygens (including phenoxy) is 1. The molecule has 2 amide bonds. The Bertz CT molecular complexity index is 878. The van der Waals surface area contributed by atoms with Gasteiger partial charge in [-0.15, -0.1) is 0 Å². The molecule has 0 saturated carbocycles. The third-order valence-corrected chi connectivity index (χ3v) is 5.48. The Morgan fingerprint density at radius 3 is 2.75 bits per heavy atom. The van der Waals surface area contributed by atoms with Gasteiger partial charge in [-0.2, -0.15) is 0 Å². The molecule has 5 nitrogen and oxygen atoms in total. The molecule has 0 bridgehead atoms. The summed E-state index contributed by atoms with van der Waals surface area (Å²) in [6.45, 7) is 6.65. The molecule has 0 aliphatic carbocycles. The zero-order chi connectivity index (χ0) is 20.3. The molecule has 0 radical (unpaired) electrons. The number of carbonyl (C=O) groups is 2. The van der Waals surface area contributed by atoms with E-state index in [1.165, 1.54) is 0 Å². The third-order valence-electron chi connectivity index (χ3n) is 5.48. The maximum atomic E-state index is 12.8. The Morgan fingerprint density at radius 1 is 1.29 bits per heavy atom. The molecule has 1 saturated heterocycles. The molecule has 1 heterocycles. The van der Waals surface area contributed by atoms with Crippen molar-refractivity contribution in [3.8, 4) is 5.75 Å². The maximum absolute atomic E-state index is 12.8. The van der Waals surface area contributed by atoms with Gasteiger partial charge in [0.2, 0.25) is 11.8 Å². The predicted molar refractivity (Wildman–Crippen MR) is 112 cm³/mol. The van der Waals surface area contributed by atoms with Gasteiger partial charge in [-0.25, -0.2) is 0 Å². The van der Waals surface area contributed by atoms with Gasteiger partial charge in [0, 0.05) is 18.7 Å². The van der Waals surface area contributed by atoms with E-state index >= 15 is 0 Å². The topological polar surface area (TPSA) is 58.6 Å². The van der Waals surface area contributed by atoms with Gasteiger partial charge in [-0.3, -0.25) is 9.59 Å². The van der Waals surface area contributed by atoms with Crippen LogP contribution in [0.3, 0.4) is 0 Å². The summed E-state index contributed by atoms with van der Waals surface area (Å²) in [4.78, 5) is 27.3. The first kappa shape index (κ1) is 19.9. The van der Waals surface area contributed by atoms with Gasteiger partial charge in [0.05, 0.1) is 18.7 Å². The van der Waals surface area contributed by atoms with E-state index < -0.39 is 0 Å². The lowest BCUT2D eigenvalue weighted by Crippen LogP contribution is -2.29. The number of hydrogen-bond donors (Lipinski definition) is 1. The Balaban J connectivity index is 1.78. The van der Waals surface area contributed by atoms with Crippen molar-refractivity contribution in [3.63, 3.8) is 0 Å². The Morgan fingerprint density at radius 2 is 2.04 bits per heavy atom. The highest BCUT2D eigenvalue weighted by Gasteiger charge is 2.36. The Hall–Kier alpha value is -2.82. The number of nitrogens with one attached hydrogen (secondary N) is 1. The van der Waals surface area contributed by atoms with Gasteiger partial charge < -0.3 is 15.0 Å². The molecule has 2 atom stereocenters. The van der Waals surface area contributed by atoms with Crippen molar-refractivity contribution in [1.82, 2.24) is 0 Å². The van der Waals surface area contributed by atoms with Crippen molar-refractivity contribution in [2.24, 2.45) is 5.92 Å². The summed E-state index contributed by atoms with van der Waals surface area (Å²) in [5.74, 6) is 0.422. The summed E-state index contributed by atoms with van der Waals surface area (Å²) in [5.41, 5.74) is 3.74. The Labute approximate surface area is 166 Å². The monoisotopic (exact) mass is 380 g/mol. The summed E-state index contributed by atoms with van der Waals surface area (Å²) < 4.78 is 5.34. The van der Waals surface area contributed by atoms with Crippen LogP contribution in [0, 0.1) is 12.8 Å². The van der Waals surface area contributed by atoms with E-state index in [1.54, 1.807) is 12.0 Å². The average molecular weight is 380 g/mol. The highest BCUT2D eigenvalue weighted by atomic mass is 16.5. The van der Waals surface area contributed by atoms with Crippen molar-refractivity contribution < 1.29 is 14.3 Å². The molecule has 1 N–H and O–H groups in total. The third kappa shape index (κ3) is 4.03. The quantitative estimate of drug-likeness (QED) is 0.802. The van der Waals surface area contributed by atoms with E-state index in [4.69, 9.17) is 4.74 Å². The van der Waals surface area contributed by atoms with Crippen molar-refractivity contribution in [2.45, 2.75) is 39.5 Å². The zero-order valence-corrected chi connectivity index (χ0v) is 17.0. The second-order valence-electron chi connectivity index (χ2n) is 7.47. The lowest BCUT2D eigenvalue weighted by molar-refractivity contribution is -0.122. The van der Waals surface area contributed by atoms with Gasteiger partial charge in [0.15, 0.2) is 0 Å².